The largest absolute Gasteiger partial charge is 0.453 e. The normalized spacial score (nSPS) is 11.1. The molecule has 3 nitrogen and oxygen atoms in total. The molecule has 0 heterocycles. The van der Waals surface area contributed by atoms with Crippen LogP contribution in [0.5, 0.6) is 0 Å². The van der Waals surface area contributed by atoms with Gasteiger partial charge in [0.05, 0.1) is 12.7 Å². The number of ether oxygens (including phenoxy) is 1. The summed E-state index contributed by atoms with van der Waals surface area (Å²) in [4.78, 5) is 10.7. The Hall–Kier alpha value is -1.79. The van der Waals surface area contributed by atoms with E-state index >= 15 is 0 Å². The third-order valence-electron chi connectivity index (χ3n) is 1.98. The van der Waals surface area contributed by atoms with Crippen LogP contribution >= 0.6 is 0 Å². The van der Waals surface area contributed by atoms with Crippen LogP contribution in [0.4, 0.5) is 22.4 Å². The number of alkyl carbamates (subject to hydrolysis) is 1. The standard InChI is InChI=1S/C10H9F4NO2/c1-17-9(16)15-5-6-4-7(10(12,13)14)2-3-8(6)11/h2-4H,5H2,1H3,(H,15,16). The van der Waals surface area contributed by atoms with E-state index in [1.807, 2.05) is 0 Å². The number of alkyl halides is 3. The summed E-state index contributed by atoms with van der Waals surface area (Å²) in [6.07, 6.45) is -5.39. The molecule has 1 rings (SSSR count). The zero-order valence-corrected chi connectivity index (χ0v) is 8.77. The highest BCUT2D eigenvalue weighted by atomic mass is 19.4. The lowest BCUT2D eigenvalue weighted by Crippen LogP contribution is -2.23. The van der Waals surface area contributed by atoms with Gasteiger partial charge in [-0.15, -0.1) is 0 Å². The Balaban J connectivity index is 2.88. The highest BCUT2D eigenvalue weighted by Crippen LogP contribution is 2.30. The maximum absolute atomic E-state index is 13.2. The number of hydrogen-bond donors (Lipinski definition) is 1. The summed E-state index contributed by atoms with van der Waals surface area (Å²) in [5.41, 5.74) is -1.23. The minimum atomic E-state index is -4.55. The first-order valence-electron chi connectivity index (χ1n) is 4.52. The van der Waals surface area contributed by atoms with Crippen molar-refractivity contribution in [3.8, 4) is 0 Å². The summed E-state index contributed by atoms with van der Waals surface area (Å²) in [5.74, 6) is -0.825. The van der Waals surface area contributed by atoms with Crippen LogP contribution in [0.2, 0.25) is 0 Å². The fourth-order valence-electron chi connectivity index (χ4n) is 1.13. The molecule has 0 saturated heterocycles. The Labute approximate surface area is 94.4 Å². The molecule has 0 radical (unpaired) electrons. The minimum absolute atomic E-state index is 0.259. The molecule has 94 valence electrons. The van der Waals surface area contributed by atoms with Crippen molar-refractivity contribution in [3.05, 3.63) is 35.1 Å². The fourth-order valence-corrected chi connectivity index (χ4v) is 1.13. The van der Waals surface area contributed by atoms with Gasteiger partial charge in [-0.05, 0) is 18.2 Å². The Morgan fingerprint density at radius 3 is 2.59 bits per heavy atom. The SMILES string of the molecule is COC(=O)NCc1cc(C(F)(F)F)ccc1F. The number of rotatable bonds is 2. The Bertz CT molecular complexity index is 417. The van der Waals surface area contributed by atoms with E-state index in [9.17, 15) is 22.4 Å². The Morgan fingerprint density at radius 1 is 1.41 bits per heavy atom. The second-order valence-electron chi connectivity index (χ2n) is 3.15. The summed E-state index contributed by atoms with van der Waals surface area (Å²) >= 11 is 0. The van der Waals surface area contributed by atoms with Gasteiger partial charge in [-0.1, -0.05) is 0 Å². The van der Waals surface area contributed by atoms with Crippen molar-refractivity contribution >= 4 is 6.09 Å². The summed E-state index contributed by atoms with van der Waals surface area (Å²) in [7, 11) is 1.10. The number of carbonyl (C=O) groups excluding carboxylic acids is 1. The van der Waals surface area contributed by atoms with Crippen LogP contribution in [-0.2, 0) is 17.5 Å². The third kappa shape index (κ3) is 3.61. The van der Waals surface area contributed by atoms with Crippen LogP contribution in [0.3, 0.4) is 0 Å². The minimum Gasteiger partial charge on any atom is -0.453 e. The first-order valence-corrected chi connectivity index (χ1v) is 4.52. The van der Waals surface area contributed by atoms with Gasteiger partial charge in [0.25, 0.3) is 0 Å². The van der Waals surface area contributed by atoms with E-state index in [2.05, 4.69) is 10.1 Å². The van der Waals surface area contributed by atoms with Gasteiger partial charge in [-0.2, -0.15) is 13.2 Å². The van der Waals surface area contributed by atoms with Gasteiger partial charge in [0.15, 0.2) is 0 Å². The van der Waals surface area contributed by atoms with E-state index in [4.69, 9.17) is 0 Å². The molecule has 1 amide bonds. The number of benzene rings is 1. The Kier molecular flexibility index (Phi) is 3.93. The average Bonchev–Trinajstić information content (AvgIpc) is 2.26. The molecule has 1 N–H and O–H groups in total. The molecule has 0 fully saturated rings. The van der Waals surface area contributed by atoms with Gasteiger partial charge in [0, 0.05) is 12.1 Å². The van der Waals surface area contributed by atoms with Crippen molar-refractivity contribution in [1.82, 2.24) is 5.32 Å². The monoisotopic (exact) mass is 251 g/mol. The van der Waals surface area contributed by atoms with Crippen molar-refractivity contribution < 1.29 is 27.1 Å². The molecular formula is C10H9F4NO2. The molecule has 1 aromatic rings. The van der Waals surface area contributed by atoms with Gasteiger partial charge >= 0.3 is 12.3 Å². The van der Waals surface area contributed by atoms with Gasteiger partial charge < -0.3 is 10.1 Å². The van der Waals surface area contributed by atoms with Gasteiger partial charge in [-0.25, -0.2) is 9.18 Å². The first kappa shape index (κ1) is 13.3. The van der Waals surface area contributed by atoms with Crippen molar-refractivity contribution in [2.75, 3.05) is 7.11 Å². The van der Waals surface area contributed by atoms with Crippen molar-refractivity contribution in [2.24, 2.45) is 0 Å². The van der Waals surface area contributed by atoms with Crippen LogP contribution < -0.4 is 5.32 Å². The van der Waals surface area contributed by atoms with Crippen molar-refractivity contribution in [2.45, 2.75) is 12.7 Å². The molecule has 0 aromatic heterocycles. The van der Waals surface area contributed by atoms with Crippen molar-refractivity contribution in [1.29, 1.82) is 0 Å². The molecule has 0 aliphatic carbocycles. The van der Waals surface area contributed by atoms with Crippen LogP contribution in [0.15, 0.2) is 18.2 Å². The van der Waals surface area contributed by atoms with Gasteiger partial charge in [-0.3, -0.25) is 0 Å². The highest BCUT2D eigenvalue weighted by molar-refractivity contribution is 5.66. The fraction of sp³-hybridized carbons (Fsp3) is 0.300. The van der Waals surface area contributed by atoms with E-state index in [0.717, 1.165) is 7.11 Å². The molecule has 0 bridgehead atoms. The van der Waals surface area contributed by atoms with E-state index in [1.54, 1.807) is 0 Å². The number of carbonyl (C=O) groups is 1. The number of methoxy groups -OCH3 is 1. The molecule has 17 heavy (non-hydrogen) atoms. The lowest BCUT2D eigenvalue weighted by Gasteiger charge is -2.10. The number of halogens is 4. The number of amides is 1. The lowest BCUT2D eigenvalue weighted by molar-refractivity contribution is -0.137. The molecule has 7 heteroatoms. The van der Waals surface area contributed by atoms with Crippen LogP contribution in [0.25, 0.3) is 0 Å². The zero-order valence-electron chi connectivity index (χ0n) is 8.77. The number of hydrogen-bond acceptors (Lipinski definition) is 2. The van der Waals surface area contributed by atoms with Crippen molar-refractivity contribution in [3.63, 3.8) is 0 Å². The highest BCUT2D eigenvalue weighted by Gasteiger charge is 2.31. The second kappa shape index (κ2) is 5.03. The first-order chi connectivity index (χ1) is 7.84. The molecule has 0 aliphatic rings. The summed E-state index contributed by atoms with van der Waals surface area (Å²) in [6, 6.07) is 1.99. The van der Waals surface area contributed by atoms with E-state index in [0.29, 0.717) is 18.2 Å². The van der Waals surface area contributed by atoms with Crippen LogP contribution in [0, 0.1) is 5.82 Å². The molecule has 0 atom stereocenters. The maximum Gasteiger partial charge on any atom is 0.416 e. The van der Waals surface area contributed by atoms with Gasteiger partial charge in [0.1, 0.15) is 5.82 Å². The zero-order chi connectivity index (χ0) is 13.1. The summed E-state index contributed by atoms with van der Waals surface area (Å²) < 4.78 is 54.4. The smallest absolute Gasteiger partial charge is 0.416 e. The second-order valence-corrected chi connectivity index (χ2v) is 3.15. The molecule has 0 aliphatic heterocycles. The molecular weight excluding hydrogens is 242 g/mol. The van der Waals surface area contributed by atoms with E-state index in [-0.39, 0.29) is 12.1 Å². The molecule has 0 unspecified atom stereocenters. The van der Waals surface area contributed by atoms with Crippen LogP contribution in [-0.4, -0.2) is 13.2 Å². The predicted molar refractivity (Wildman–Crippen MR) is 50.6 cm³/mol. The predicted octanol–water partition coefficient (Wildman–Crippen LogP) is 2.70. The summed E-state index contributed by atoms with van der Waals surface area (Å²) in [6.45, 7) is -0.373. The average molecular weight is 251 g/mol. The quantitative estimate of drug-likeness (QED) is 0.821. The topological polar surface area (TPSA) is 38.3 Å². The molecule has 1 aromatic carbocycles. The van der Waals surface area contributed by atoms with Crippen LogP contribution in [0.1, 0.15) is 11.1 Å². The maximum atomic E-state index is 13.2. The summed E-state index contributed by atoms with van der Waals surface area (Å²) in [5, 5.41) is 2.10. The van der Waals surface area contributed by atoms with E-state index < -0.39 is 23.7 Å². The van der Waals surface area contributed by atoms with Gasteiger partial charge in [0.2, 0.25) is 0 Å². The number of nitrogens with one attached hydrogen (secondary N) is 1. The van der Waals surface area contributed by atoms with E-state index in [1.165, 1.54) is 0 Å². The molecule has 0 saturated carbocycles. The third-order valence-corrected chi connectivity index (χ3v) is 1.98. The lowest BCUT2D eigenvalue weighted by atomic mass is 10.1. The molecule has 0 spiro atoms. The Morgan fingerprint density at radius 2 is 2.06 bits per heavy atom.